The summed E-state index contributed by atoms with van der Waals surface area (Å²) >= 11 is 0. The first-order valence-electron chi connectivity index (χ1n) is 5.65. The van der Waals surface area contributed by atoms with Crippen LogP contribution >= 0.6 is 0 Å². The topological polar surface area (TPSA) is 44.0 Å². The van der Waals surface area contributed by atoms with Gasteiger partial charge in [-0.2, -0.15) is 5.26 Å². The second kappa shape index (κ2) is 3.90. The molecule has 0 aliphatic heterocycles. The van der Waals surface area contributed by atoms with Crippen molar-refractivity contribution < 1.29 is 5.11 Å². The molecule has 0 saturated heterocycles. The minimum Gasteiger partial charge on any atom is -0.388 e. The zero-order chi connectivity index (χ0) is 10.8. The Bertz CT molecular complexity index is 245. The minimum absolute atomic E-state index is 0.559. The average molecular weight is 195 g/mol. The van der Waals surface area contributed by atoms with Gasteiger partial charge < -0.3 is 5.11 Å². The molecule has 0 amide bonds. The number of rotatable bonds is 3. The summed E-state index contributed by atoms with van der Waals surface area (Å²) in [5.41, 5.74) is -1.30. The Hall–Kier alpha value is -0.550. The van der Waals surface area contributed by atoms with Crippen molar-refractivity contribution in [1.82, 2.24) is 0 Å². The maximum atomic E-state index is 10.5. The van der Waals surface area contributed by atoms with Gasteiger partial charge in [0, 0.05) is 0 Å². The van der Waals surface area contributed by atoms with Crippen LogP contribution in [0.15, 0.2) is 0 Å². The highest BCUT2D eigenvalue weighted by molar-refractivity contribution is 5.11. The smallest absolute Gasteiger partial charge is 0.0833 e. The van der Waals surface area contributed by atoms with Gasteiger partial charge in [0.05, 0.1) is 17.1 Å². The number of nitrogens with zero attached hydrogens (tertiary/aromatic N) is 1. The molecule has 1 aliphatic rings. The lowest BCUT2D eigenvalue weighted by Crippen LogP contribution is -2.43. The third-order valence-corrected chi connectivity index (χ3v) is 4.15. The van der Waals surface area contributed by atoms with Crippen molar-refractivity contribution in [2.45, 2.75) is 58.5 Å². The SMILES string of the molecule is CCC1CCC(O)(C(C)(C#N)CC)C1. The molecular formula is C12H21NO. The molecule has 0 aromatic rings. The Kier molecular flexibility index (Phi) is 3.21. The second-order valence-electron chi connectivity index (χ2n) is 4.85. The third kappa shape index (κ3) is 1.66. The van der Waals surface area contributed by atoms with Gasteiger partial charge in [0.25, 0.3) is 0 Å². The van der Waals surface area contributed by atoms with Gasteiger partial charge in [0.1, 0.15) is 0 Å². The van der Waals surface area contributed by atoms with Gasteiger partial charge >= 0.3 is 0 Å². The maximum Gasteiger partial charge on any atom is 0.0833 e. The fourth-order valence-electron chi connectivity index (χ4n) is 2.49. The van der Waals surface area contributed by atoms with Crippen molar-refractivity contribution in [1.29, 1.82) is 5.26 Å². The number of hydrogen-bond acceptors (Lipinski definition) is 2. The summed E-state index contributed by atoms with van der Waals surface area (Å²) in [4.78, 5) is 0. The highest BCUT2D eigenvalue weighted by Crippen LogP contribution is 2.48. The quantitative estimate of drug-likeness (QED) is 0.752. The van der Waals surface area contributed by atoms with E-state index in [2.05, 4.69) is 13.0 Å². The summed E-state index contributed by atoms with van der Waals surface area (Å²) in [6, 6.07) is 2.31. The van der Waals surface area contributed by atoms with Gasteiger partial charge in [-0.05, 0) is 38.5 Å². The highest BCUT2D eigenvalue weighted by atomic mass is 16.3. The van der Waals surface area contributed by atoms with Crippen LogP contribution in [0.3, 0.4) is 0 Å². The molecule has 3 atom stereocenters. The predicted molar refractivity (Wildman–Crippen MR) is 56.6 cm³/mol. The minimum atomic E-state index is -0.739. The van der Waals surface area contributed by atoms with E-state index in [1.54, 1.807) is 0 Å². The first kappa shape index (κ1) is 11.5. The van der Waals surface area contributed by atoms with Crippen LogP contribution in [0.4, 0.5) is 0 Å². The average Bonchev–Trinajstić information content (AvgIpc) is 2.60. The Morgan fingerprint density at radius 3 is 2.57 bits per heavy atom. The third-order valence-electron chi connectivity index (χ3n) is 4.15. The van der Waals surface area contributed by atoms with Crippen LogP contribution in [-0.4, -0.2) is 10.7 Å². The van der Waals surface area contributed by atoms with Crippen molar-refractivity contribution >= 4 is 0 Å². The normalized spacial score (nSPS) is 36.4. The molecule has 0 spiro atoms. The molecule has 3 unspecified atom stereocenters. The van der Waals surface area contributed by atoms with Crippen molar-refractivity contribution in [3.63, 3.8) is 0 Å². The summed E-state index contributed by atoms with van der Waals surface area (Å²) < 4.78 is 0. The van der Waals surface area contributed by atoms with Gasteiger partial charge in [0.2, 0.25) is 0 Å². The first-order valence-corrected chi connectivity index (χ1v) is 5.65. The molecule has 0 aromatic heterocycles. The Morgan fingerprint density at radius 1 is 1.57 bits per heavy atom. The lowest BCUT2D eigenvalue weighted by Gasteiger charge is -2.37. The van der Waals surface area contributed by atoms with Crippen molar-refractivity contribution in [2.75, 3.05) is 0 Å². The van der Waals surface area contributed by atoms with E-state index in [-0.39, 0.29) is 0 Å². The molecule has 0 heterocycles. The van der Waals surface area contributed by atoms with Gasteiger partial charge in [-0.15, -0.1) is 0 Å². The number of aliphatic hydroxyl groups is 1. The Labute approximate surface area is 86.9 Å². The van der Waals surface area contributed by atoms with E-state index in [1.807, 2.05) is 13.8 Å². The molecule has 0 bridgehead atoms. The largest absolute Gasteiger partial charge is 0.388 e. The summed E-state index contributed by atoms with van der Waals surface area (Å²) in [6.07, 6.45) is 4.53. The van der Waals surface area contributed by atoms with E-state index < -0.39 is 11.0 Å². The van der Waals surface area contributed by atoms with Crippen LogP contribution in [0, 0.1) is 22.7 Å². The predicted octanol–water partition coefficient (Wildman–Crippen LogP) is 2.87. The van der Waals surface area contributed by atoms with E-state index in [0.717, 1.165) is 32.1 Å². The van der Waals surface area contributed by atoms with Crippen LogP contribution in [0.5, 0.6) is 0 Å². The molecule has 1 aliphatic carbocycles. The second-order valence-corrected chi connectivity index (χ2v) is 4.85. The molecule has 0 aromatic carbocycles. The van der Waals surface area contributed by atoms with Crippen molar-refractivity contribution in [3.8, 4) is 6.07 Å². The molecule has 1 saturated carbocycles. The molecule has 80 valence electrons. The van der Waals surface area contributed by atoms with Crippen molar-refractivity contribution in [2.24, 2.45) is 11.3 Å². The summed E-state index contributed by atoms with van der Waals surface area (Å²) in [5.74, 6) is 0.610. The summed E-state index contributed by atoms with van der Waals surface area (Å²) in [5, 5.41) is 19.6. The Morgan fingerprint density at radius 2 is 2.21 bits per heavy atom. The number of nitriles is 1. The zero-order valence-electron chi connectivity index (χ0n) is 9.51. The lowest BCUT2D eigenvalue weighted by molar-refractivity contribution is -0.0460. The monoisotopic (exact) mass is 195 g/mol. The van der Waals surface area contributed by atoms with Gasteiger partial charge in [0.15, 0.2) is 0 Å². The van der Waals surface area contributed by atoms with Gasteiger partial charge in [-0.25, -0.2) is 0 Å². The molecule has 0 radical (unpaired) electrons. The van der Waals surface area contributed by atoms with Gasteiger partial charge in [-0.3, -0.25) is 0 Å². The molecule has 2 heteroatoms. The fraction of sp³-hybridized carbons (Fsp3) is 0.917. The fourth-order valence-corrected chi connectivity index (χ4v) is 2.49. The van der Waals surface area contributed by atoms with E-state index in [0.29, 0.717) is 5.92 Å². The summed E-state index contributed by atoms with van der Waals surface area (Å²) in [7, 11) is 0. The Balaban J connectivity index is 2.82. The standard InChI is InChI=1S/C12H21NO/c1-4-10-6-7-12(14,8-10)11(3,5-2)9-13/h10,14H,4-8H2,1-3H3. The van der Waals surface area contributed by atoms with Gasteiger partial charge in [-0.1, -0.05) is 20.3 Å². The van der Waals surface area contributed by atoms with E-state index >= 15 is 0 Å². The molecule has 1 N–H and O–H groups in total. The van der Waals surface area contributed by atoms with E-state index in [9.17, 15) is 5.11 Å². The molecule has 1 fully saturated rings. The maximum absolute atomic E-state index is 10.5. The molecule has 14 heavy (non-hydrogen) atoms. The highest BCUT2D eigenvalue weighted by Gasteiger charge is 2.50. The lowest BCUT2D eigenvalue weighted by atomic mass is 9.71. The van der Waals surface area contributed by atoms with E-state index in [1.165, 1.54) is 0 Å². The van der Waals surface area contributed by atoms with Crippen LogP contribution < -0.4 is 0 Å². The molecule has 1 rings (SSSR count). The first-order chi connectivity index (χ1) is 6.51. The van der Waals surface area contributed by atoms with Crippen LogP contribution in [0.1, 0.15) is 52.9 Å². The molecular weight excluding hydrogens is 174 g/mol. The van der Waals surface area contributed by atoms with Crippen LogP contribution in [0.2, 0.25) is 0 Å². The summed E-state index contributed by atoms with van der Waals surface area (Å²) in [6.45, 7) is 6.04. The number of hydrogen-bond donors (Lipinski definition) is 1. The van der Waals surface area contributed by atoms with E-state index in [4.69, 9.17) is 5.26 Å². The van der Waals surface area contributed by atoms with Crippen LogP contribution in [0.25, 0.3) is 0 Å². The van der Waals surface area contributed by atoms with Crippen LogP contribution in [-0.2, 0) is 0 Å². The molecule has 2 nitrogen and oxygen atoms in total. The van der Waals surface area contributed by atoms with Crippen molar-refractivity contribution in [3.05, 3.63) is 0 Å². The zero-order valence-corrected chi connectivity index (χ0v) is 9.51.